The molecule has 150 valence electrons. The number of rotatable bonds is 5. The van der Waals surface area contributed by atoms with E-state index in [1.165, 1.54) is 17.5 Å². The fraction of sp³-hybridized carbons (Fsp3) is 0.385. The van der Waals surface area contributed by atoms with Crippen LogP contribution in [-0.2, 0) is 11.2 Å². The quantitative estimate of drug-likeness (QED) is 0.544. The summed E-state index contributed by atoms with van der Waals surface area (Å²) in [4.78, 5) is 18.2. The Bertz CT molecular complexity index is 988. The van der Waals surface area contributed by atoms with Crippen molar-refractivity contribution in [3.05, 3.63) is 71.9 Å². The summed E-state index contributed by atoms with van der Waals surface area (Å²) in [5.41, 5.74) is 3.98. The SMILES string of the molecule is CC(C)c1cccc2cc(NC(=O)C3(Cc4ccccc4)CCCCC3)cnc12. The second kappa shape index (κ2) is 8.36. The average Bonchev–Trinajstić information content (AvgIpc) is 2.74. The van der Waals surface area contributed by atoms with Crippen molar-refractivity contribution >= 4 is 22.5 Å². The van der Waals surface area contributed by atoms with Crippen LogP contribution in [0.25, 0.3) is 10.9 Å². The Hall–Kier alpha value is -2.68. The van der Waals surface area contributed by atoms with Gasteiger partial charge in [0.05, 0.1) is 22.8 Å². The molecule has 0 saturated heterocycles. The monoisotopic (exact) mass is 386 g/mol. The van der Waals surface area contributed by atoms with Crippen LogP contribution in [0.3, 0.4) is 0 Å². The smallest absolute Gasteiger partial charge is 0.230 e. The molecule has 29 heavy (non-hydrogen) atoms. The minimum absolute atomic E-state index is 0.141. The van der Waals surface area contributed by atoms with Gasteiger partial charge in [-0.2, -0.15) is 0 Å². The molecule has 0 radical (unpaired) electrons. The van der Waals surface area contributed by atoms with Gasteiger partial charge < -0.3 is 5.32 Å². The molecule has 1 amide bonds. The first-order valence-corrected chi connectivity index (χ1v) is 10.8. The molecule has 2 aromatic carbocycles. The summed E-state index contributed by atoms with van der Waals surface area (Å²) in [5, 5.41) is 4.29. The number of benzene rings is 2. The maximum Gasteiger partial charge on any atom is 0.230 e. The van der Waals surface area contributed by atoms with E-state index in [9.17, 15) is 4.79 Å². The van der Waals surface area contributed by atoms with Crippen molar-refractivity contribution in [2.75, 3.05) is 5.32 Å². The van der Waals surface area contributed by atoms with Crippen LogP contribution in [0.15, 0.2) is 60.8 Å². The number of pyridine rings is 1. The van der Waals surface area contributed by atoms with Crippen molar-refractivity contribution in [1.29, 1.82) is 0 Å². The van der Waals surface area contributed by atoms with Gasteiger partial charge in [0, 0.05) is 5.39 Å². The Kier molecular flexibility index (Phi) is 5.66. The Morgan fingerprint density at radius 2 is 1.79 bits per heavy atom. The summed E-state index contributed by atoms with van der Waals surface area (Å²) in [6.07, 6.45) is 7.98. The first-order chi connectivity index (χ1) is 14.1. The van der Waals surface area contributed by atoms with Gasteiger partial charge in [-0.3, -0.25) is 9.78 Å². The van der Waals surface area contributed by atoms with E-state index in [-0.39, 0.29) is 11.3 Å². The predicted molar refractivity (Wildman–Crippen MR) is 120 cm³/mol. The van der Waals surface area contributed by atoms with Gasteiger partial charge in [-0.1, -0.05) is 81.6 Å². The Morgan fingerprint density at radius 3 is 2.52 bits per heavy atom. The summed E-state index contributed by atoms with van der Waals surface area (Å²) in [7, 11) is 0. The molecule has 4 rings (SSSR count). The lowest BCUT2D eigenvalue weighted by atomic mass is 9.69. The zero-order valence-corrected chi connectivity index (χ0v) is 17.4. The lowest BCUT2D eigenvalue weighted by Crippen LogP contribution is -2.40. The molecule has 1 N–H and O–H groups in total. The number of aromatic nitrogens is 1. The van der Waals surface area contributed by atoms with Crippen LogP contribution < -0.4 is 5.32 Å². The topological polar surface area (TPSA) is 42.0 Å². The van der Waals surface area contributed by atoms with Crippen molar-refractivity contribution in [2.45, 2.75) is 58.3 Å². The van der Waals surface area contributed by atoms with E-state index < -0.39 is 0 Å². The molecule has 3 nitrogen and oxygen atoms in total. The van der Waals surface area contributed by atoms with Gasteiger partial charge in [0.25, 0.3) is 0 Å². The van der Waals surface area contributed by atoms with E-state index in [0.29, 0.717) is 5.92 Å². The molecule has 1 aromatic heterocycles. The maximum absolute atomic E-state index is 13.5. The van der Waals surface area contributed by atoms with Gasteiger partial charge >= 0.3 is 0 Å². The molecule has 3 heteroatoms. The Morgan fingerprint density at radius 1 is 1.03 bits per heavy atom. The Labute approximate surface area is 173 Å². The van der Waals surface area contributed by atoms with E-state index in [0.717, 1.165) is 48.7 Å². The third-order valence-electron chi connectivity index (χ3n) is 6.30. The number of carbonyl (C=O) groups excluding carboxylic acids is 1. The van der Waals surface area contributed by atoms with Gasteiger partial charge in [0.1, 0.15) is 0 Å². The van der Waals surface area contributed by atoms with Gasteiger partial charge in [-0.15, -0.1) is 0 Å². The largest absolute Gasteiger partial charge is 0.324 e. The normalized spacial score (nSPS) is 16.1. The Balaban J connectivity index is 1.60. The highest BCUT2D eigenvalue weighted by Gasteiger charge is 2.39. The van der Waals surface area contributed by atoms with Crippen molar-refractivity contribution < 1.29 is 4.79 Å². The molecular weight excluding hydrogens is 356 g/mol. The zero-order valence-electron chi connectivity index (χ0n) is 17.4. The van der Waals surface area contributed by atoms with Crippen LogP contribution in [0.1, 0.15) is 63.0 Å². The first kappa shape index (κ1) is 19.6. The summed E-state index contributed by atoms with van der Waals surface area (Å²) in [6.45, 7) is 4.37. The number of amides is 1. The number of hydrogen-bond donors (Lipinski definition) is 1. The first-order valence-electron chi connectivity index (χ1n) is 10.8. The van der Waals surface area contributed by atoms with Crippen LogP contribution >= 0.6 is 0 Å². The molecule has 1 saturated carbocycles. The maximum atomic E-state index is 13.5. The fourth-order valence-corrected chi connectivity index (χ4v) is 4.68. The standard InChI is InChI=1S/C26H30N2O/c1-19(2)23-13-9-12-21-16-22(18-27-24(21)23)28-25(29)26(14-7-4-8-15-26)17-20-10-5-3-6-11-20/h3,5-6,9-13,16,18-19H,4,7-8,14-15,17H2,1-2H3,(H,28,29). The molecule has 1 aliphatic rings. The van der Waals surface area contributed by atoms with Crippen molar-refractivity contribution in [3.63, 3.8) is 0 Å². The van der Waals surface area contributed by atoms with E-state index in [2.05, 4.69) is 67.7 Å². The molecule has 1 fully saturated rings. The lowest BCUT2D eigenvalue weighted by Gasteiger charge is -2.36. The highest BCUT2D eigenvalue weighted by molar-refractivity contribution is 5.97. The highest BCUT2D eigenvalue weighted by Crippen LogP contribution is 2.40. The average molecular weight is 387 g/mol. The van der Waals surface area contributed by atoms with Crippen LogP contribution in [0.5, 0.6) is 0 Å². The number of nitrogens with one attached hydrogen (secondary N) is 1. The predicted octanol–water partition coefficient (Wildman–Crippen LogP) is 6.49. The van der Waals surface area contributed by atoms with Crippen LogP contribution in [-0.4, -0.2) is 10.9 Å². The number of hydrogen-bond acceptors (Lipinski definition) is 2. The molecular formula is C26H30N2O. The number of carbonyl (C=O) groups is 1. The lowest BCUT2D eigenvalue weighted by molar-refractivity contribution is -0.127. The number of fused-ring (bicyclic) bond motifs is 1. The minimum Gasteiger partial charge on any atom is -0.324 e. The van der Waals surface area contributed by atoms with E-state index in [4.69, 9.17) is 4.98 Å². The van der Waals surface area contributed by atoms with Gasteiger partial charge in [-0.05, 0) is 42.4 Å². The molecule has 1 aliphatic carbocycles. The molecule has 3 aromatic rings. The number of anilines is 1. The van der Waals surface area contributed by atoms with Crippen molar-refractivity contribution in [3.8, 4) is 0 Å². The van der Waals surface area contributed by atoms with Crippen molar-refractivity contribution in [1.82, 2.24) is 4.98 Å². The molecule has 0 unspecified atom stereocenters. The number of nitrogens with zero attached hydrogens (tertiary/aromatic N) is 1. The third-order valence-corrected chi connectivity index (χ3v) is 6.30. The number of para-hydroxylation sites is 1. The summed E-state index contributed by atoms with van der Waals surface area (Å²) in [5.74, 6) is 0.560. The minimum atomic E-state index is -0.325. The zero-order chi connectivity index (χ0) is 20.3. The second-order valence-electron chi connectivity index (χ2n) is 8.76. The van der Waals surface area contributed by atoms with Gasteiger partial charge in [-0.25, -0.2) is 0 Å². The molecule has 0 spiro atoms. The molecule has 0 atom stereocenters. The van der Waals surface area contributed by atoms with E-state index in [1.54, 1.807) is 0 Å². The van der Waals surface area contributed by atoms with E-state index in [1.807, 2.05) is 12.3 Å². The fourth-order valence-electron chi connectivity index (χ4n) is 4.68. The summed E-state index contributed by atoms with van der Waals surface area (Å²) < 4.78 is 0. The molecule has 0 aliphatic heterocycles. The van der Waals surface area contributed by atoms with Crippen LogP contribution in [0.4, 0.5) is 5.69 Å². The van der Waals surface area contributed by atoms with Gasteiger partial charge in [0.2, 0.25) is 5.91 Å². The van der Waals surface area contributed by atoms with E-state index >= 15 is 0 Å². The van der Waals surface area contributed by atoms with Gasteiger partial charge in [0.15, 0.2) is 0 Å². The summed E-state index contributed by atoms with van der Waals surface area (Å²) >= 11 is 0. The second-order valence-corrected chi connectivity index (χ2v) is 8.76. The highest BCUT2D eigenvalue weighted by atomic mass is 16.2. The van der Waals surface area contributed by atoms with Crippen LogP contribution in [0, 0.1) is 5.41 Å². The molecule has 0 bridgehead atoms. The summed E-state index contributed by atoms with van der Waals surface area (Å²) in [6, 6.07) is 18.8. The molecule has 1 heterocycles. The van der Waals surface area contributed by atoms with Crippen LogP contribution in [0.2, 0.25) is 0 Å². The third kappa shape index (κ3) is 4.19. The van der Waals surface area contributed by atoms with Crippen molar-refractivity contribution in [2.24, 2.45) is 5.41 Å².